The van der Waals surface area contributed by atoms with Crippen molar-refractivity contribution in [3.63, 3.8) is 0 Å². The highest BCUT2D eigenvalue weighted by molar-refractivity contribution is 9.12. The Morgan fingerprint density at radius 1 is 0.773 bits per heavy atom. The molecule has 0 aliphatic heterocycles. The van der Waals surface area contributed by atoms with Crippen molar-refractivity contribution in [2.24, 2.45) is 0 Å². The van der Waals surface area contributed by atoms with Gasteiger partial charge in [-0.05, 0) is 19.3 Å². The van der Waals surface area contributed by atoms with E-state index in [0.29, 0.717) is 16.1 Å². The highest BCUT2D eigenvalue weighted by Crippen LogP contribution is 2.25. The lowest BCUT2D eigenvalue weighted by Gasteiger charge is -2.16. The van der Waals surface area contributed by atoms with Crippen LogP contribution in [0.4, 0.5) is 0 Å². The van der Waals surface area contributed by atoms with Gasteiger partial charge in [0, 0.05) is 16.1 Å². The number of rotatable bonds is 16. The number of carboxylic acids is 1. The van der Waals surface area contributed by atoms with Gasteiger partial charge in [0.15, 0.2) is 0 Å². The standard InChI is InChI=1S/C18H34Br2O2/c1-2-3-4-5-6-7-8-9-10-13-16(19)17(20)14-11-12-15-18(21)22/h16-17H,2-15H2,1H3,(H,21,22)/t16-,17-/m0/s1. The molecule has 1 N–H and O–H groups in total. The fourth-order valence-electron chi connectivity index (χ4n) is 2.63. The van der Waals surface area contributed by atoms with E-state index >= 15 is 0 Å². The molecule has 0 saturated carbocycles. The fourth-order valence-corrected chi connectivity index (χ4v) is 3.80. The third-order valence-corrected chi connectivity index (χ3v) is 7.00. The number of aliphatic carboxylic acids is 1. The molecule has 22 heavy (non-hydrogen) atoms. The Bertz CT molecular complexity index is 259. The van der Waals surface area contributed by atoms with Crippen LogP contribution in [0.3, 0.4) is 0 Å². The molecule has 0 aliphatic carbocycles. The molecule has 0 aromatic rings. The molecule has 4 heteroatoms. The van der Waals surface area contributed by atoms with E-state index < -0.39 is 5.97 Å². The summed E-state index contributed by atoms with van der Waals surface area (Å²) in [5.41, 5.74) is 0. The Hall–Kier alpha value is 0.430. The molecule has 0 bridgehead atoms. The van der Waals surface area contributed by atoms with Gasteiger partial charge in [0.05, 0.1) is 0 Å². The maximum atomic E-state index is 10.5. The number of carbonyl (C=O) groups is 1. The number of hydrogen-bond donors (Lipinski definition) is 1. The van der Waals surface area contributed by atoms with E-state index in [1.54, 1.807) is 0 Å². The van der Waals surface area contributed by atoms with Gasteiger partial charge in [0.25, 0.3) is 0 Å². The highest BCUT2D eigenvalue weighted by Gasteiger charge is 2.15. The second-order valence-corrected chi connectivity index (χ2v) is 8.64. The van der Waals surface area contributed by atoms with Crippen LogP contribution in [-0.2, 0) is 4.79 Å². The average Bonchev–Trinajstić information content (AvgIpc) is 2.49. The van der Waals surface area contributed by atoms with Crippen molar-refractivity contribution in [1.29, 1.82) is 0 Å². The first-order valence-corrected chi connectivity index (χ1v) is 10.9. The van der Waals surface area contributed by atoms with Crippen LogP contribution in [0.5, 0.6) is 0 Å². The third kappa shape index (κ3) is 15.3. The molecule has 2 nitrogen and oxygen atoms in total. The van der Waals surface area contributed by atoms with Gasteiger partial charge < -0.3 is 5.11 Å². The zero-order valence-corrected chi connectivity index (χ0v) is 17.3. The Morgan fingerprint density at radius 2 is 1.18 bits per heavy atom. The predicted octanol–water partition coefficient (Wildman–Crippen LogP) is 7.08. The van der Waals surface area contributed by atoms with Gasteiger partial charge in [-0.2, -0.15) is 0 Å². The van der Waals surface area contributed by atoms with Crippen LogP contribution in [0, 0.1) is 0 Å². The number of unbranched alkanes of at least 4 members (excludes halogenated alkanes) is 9. The number of hydrogen-bond acceptors (Lipinski definition) is 1. The first-order chi connectivity index (χ1) is 10.6. The van der Waals surface area contributed by atoms with Crippen molar-refractivity contribution in [2.45, 2.75) is 106 Å². The summed E-state index contributed by atoms with van der Waals surface area (Å²) in [5, 5.41) is 8.61. The maximum absolute atomic E-state index is 10.5. The lowest BCUT2D eigenvalue weighted by atomic mass is 10.0. The molecule has 0 aliphatic rings. The molecule has 0 fully saturated rings. The summed E-state index contributed by atoms with van der Waals surface area (Å²) in [7, 11) is 0. The SMILES string of the molecule is CCCCCCCCCCC[C@H](Br)[C@@H](Br)CCCCC(=O)O. The van der Waals surface area contributed by atoms with Gasteiger partial charge >= 0.3 is 5.97 Å². The second-order valence-electron chi connectivity index (χ2n) is 6.29. The minimum absolute atomic E-state index is 0.297. The maximum Gasteiger partial charge on any atom is 0.303 e. The number of carboxylic acid groups (broad SMARTS) is 1. The Labute approximate surface area is 154 Å². The molecule has 0 saturated heterocycles. The number of alkyl halides is 2. The normalized spacial score (nSPS) is 14.0. The van der Waals surface area contributed by atoms with Crippen molar-refractivity contribution in [3.8, 4) is 0 Å². The van der Waals surface area contributed by atoms with Crippen molar-refractivity contribution in [3.05, 3.63) is 0 Å². The molecule has 2 atom stereocenters. The van der Waals surface area contributed by atoms with E-state index in [1.165, 1.54) is 64.2 Å². The van der Waals surface area contributed by atoms with E-state index in [9.17, 15) is 4.79 Å². The largest absolute Gasteiger partial charge is 0.481 e. The summed E-state index contributed by atoms with van der Waals surface area (Å²) in [4.78, 5) is 11.4. The van der Waals surface area contributed by atoms with E-state index in [-0.39, 0.29) is 0 Å². The second kappa shape index (κ2) is 16.3. The van der Waals surface area contributed by atoms with Crippen molar-refractivity contribution in [1.82, 2.24) is 0 Å². The Balaban J connectivity index is 3.36. The van der Waals surface area contributed by atoms with Gasteiger partial charge in [-0.3, -0.25) is 4.79 Å². The van der Waals surface area contributed by atoms with Gasteiger partial charge in [-0.1, -0.05) is 103 Å². The minimum Gasteiger partial charge on any atom is -0.481 e. The summed E-state index contributed by atoms with van der Waals surface area (Å²) in [6, 6.07) is 0. The quantitative estimate of drug-likeness (QED) is 0.205. The first kappa shape index (κ1) is 22.4. The van der Waals surface area contributed by atoms with E-state index in [0.717, 1.165) is 19.3 Å². The summed E-state index contributed by atoms with van der Waals surface area (Å²) in [5.74, 6) is -0.684. The lowest BCUT2D eigenvalue weighted by molar-refractivity contribution is -0.137. The van der Waals surface area contributed by atoms with Gasteiger partial charge in [-0.25, -0.2) is 0 Å². The van der Waals surface area contributed by atoms with Crippen LogP contribution < -0.4 is 0 Å². The molecule has 0 heterocycles. The summed E-state index contributed by atoms with van der Waals surface area (Å²) >= 11 is 7.51. The van der Waals surface area contributed by atoms with E-state index in [1.807, 2.05) is 0 Å². The molecule has 0 aromatic heterocycles. The fraction of sp³-hybridized carbons (Fsp3) is 0.944. The highest BCUT2D eigenvalue weighted by atomic mass is 79.9. The molecule has 0 radical (unpaired) electrons. The summed E-state index contributed by atoms with van der Waals surface area (Å²) in [6.07, 6.45) is 16.7. The van der Waals surface area contributed by atoms with Crippen LogP contribution >= 0.6 is 31.9 Å². The third-order valence-electron chi connectivity index (χ3n) is 4.10. The van der Waals surface area contributed by atoms with Crippen LogP contribution in [0.1, 0.15) is 96.8 Å². The zero-order chi connectivity index (χ0) is 16.6. The minimum atomic E-state index is -0.684. The van der Waals surface area contributed by atoms with Crippen LogP contribution in [0.15, 0.2) is 0 Å². The molecular weight excluding hydrogens is 408 g/mol. The molecule has 132 valence electrons. The summed E-state index contributed by atoms with van der Waals surface area (Å²) < 4.78 is 0. The van der Waals surface area contributed by atoms with E-state index in [4.69, 9.17) is 5.11 Å². The number of halogens is 2. The average molecular weight is 442 g/mol. The van der Waals surface area contributed by atoms with Gasteiger partial charge in [-0.15, -0.1) is 0 Å². The molecule has 0 amide bonds. The van der Waals surface area contributed by atoms with Gasteiger partial charge in [0.1, 0.15) is 0 Å². The molecular formula is C18H34Br2O2. The molecule has 0 rings (SSSR count). The first-order valence-electron chi connectivity index (χ1n) is 9.07. The van der Waals surface area contributed by atoms with Crippen molar-refractivity contribution < 1.29 is 9.90 Å². The molecule has 0 unspecified atom stereocenters. The summed E-state index contributed by atoms with van der Waals surface area (Å²) in [6.45, 7) is 2.26. The van der Waals surface area contributed by atoms with Crippen LogP contribution in [0.2, 0.25) is 0 Å². The van der Waals surface area contributed by atoms with Crippen LogP contribution in [0.25, 0.3) is 0 Å². The Morgan fingerprint density at radius 3 is 1.64 bits per heavy atom. The molecule has 0 spiro atoms. The molecule has 0 aromatic carbocycles. The topological polar surface area (TPSA) is 37.3 Å². The predicted molar refractivity (Wildman–Crippen MR) is 103 cm³/mol. The van der Waals surface area contributed by atoms with Gasteiger partial charge in [0.2, 0.25) is 0 Å². The van der Waals surface area contributed by atoms with Crippen molar-refractivity contribution in [2.75, 3.05) is 0 Å². The Kier molecular flexibility index (Phi) is 16.6. The lowest BCUT2D eigenvalue weighted by Crippen LogP contribution is -2.14. The monoisotopic (exact) mass is 440 g/mol. The van der Waals surface area contributed by atoms with Crippen molar-refractivity contribution >= 4 is 37.8 Å². The zero-order valence-electron chi connectivity index (χ0n) is 14.2. The smallest absolute Gasteiger partial charge is 0.303 e. The van der Waals surface area contributed by atoms with Crippen LogP contribution in [-0.4, -0.2) is 20.7 Å². The van der Waals surface area contributed by atoms with E-state index in [2.05, 4.69) is 38.8 Å².